The molecule has 1 atom stereocenters. The van der Waals surface area contributed by atoms with E-state index in [0.717, 1.165) is 24.5 Å². The van der Waals surface area contributed by atoms with Gasteiger partial charge in [-0.2, -0.15) is 0 Å². The molecule has 7 nitrogen and oxygen atoms in total. The third-order valence-corrected chi connectivity index (χ3v) is 6.36. The third kappa shape index (κ3) is 5.81. The smallest absolute Gasteiger partial charge is 0.243 e. The van der Waals surface area contributed by atoms with E-state index in [9.17, 15) is 17.6 Å². The number of carbonyl (C=O) groups is 1. The summed E-state index contributed by atoms with van der Waals surface area (Å²) in [6.45, 7) is 1.15. The molecule has 1 amide bonds. The topological polar surface area (TPSA) is 97.4 Å². The molecule has 0 spiro atoms. The summed E-state index contributed by atoms with van der Waals surface area (Å²) < 4.78 is 45.9. The van der Waals surface area contributed by atoms with Crippen LogP contribution in [0, 0.1) is 11.7 Å². The lowest BCUT2D eigenvalue weighted by atomic mass is 9.87. The van der Waals surface area contributed by atoms with Gasteiger partial charge < -0.3 is 10.1 Å². The quantitative estimate of drug-likeness (QED) is 0.681. The molecular formula is C20H24FN3O4S. The lowest BCUT2D eigenvalue weighted by Gasteiger charge is -2.31. The van der Waals surface area contributed by atoms with Crippen LogP contribution >= 0.6 is 0 Å². The summed E-state index contributed by atoms with van der Waals surface area (Å²) in [5.41, 5.74) is 0.902. The van der Waals surface area contributed by atoms with E-state index in [1.165, 1.54) is 18.2 Å². The number of nitrogens with zero attached hydrogens (tertiary/aromatic N) is 1. The Balaban J connectivity index is 1.59. The number of pyridine rings is 1. The molecule has 0 bridgehead atoms. The van der Waals surface area contributed by atoms with Crippen LogP contribution in [0.25, 0.3) is 0 Å². The number of aromatic nitrogens is 1. The molecule has 156 valence electrons. The molecule has 0 aliphatic carbocycles. The number of hydrogen-bond donors (Lipinski definition) is 2. The number of carbonyl (C=O) groups excluding carboxylic acids is 1. The maximum absolute atomic E-state index is 13.7. The van der Waals surface area contributed by atoms with Crippen LogP contribution in [-0.4, -0.2) is 39.1 Å². The predicted molar refractivity (Wildman–Crippen MR) is 105 cm³/mol. The van der Waals surface area contributed by atoms with Crippen LogP contribution < -0.4 is 10.0 Å². The van der Waals surface area contributed by atoms with Gasteiger partial charge in [0.2, 0.25) is 15.9 Å². The number of nitrogens with one attached hydrogen (secondary N) is 2. The van der Waals surface area contributed by atoms with Gasteiger partial charge in [-0.1, -0.05) is 18.2 Å². The molecule has 1 fully saturated rings. The van der Waals surface area contributed by atoms with E-state index in [0.29, 0.717) is 13.2 Å². The highest BCUT2D eigenvalue weighted by molar-refractivity contribution is 7.89. The molecule has 9 heteroatoms. The van der Waals surface area contributed by atoms with Crippen molar-refractivity contribution in [3.8, 4) is 0 Å². The summed E-state index contributed by atoms with van der Waals surface area (Å²) in [4.78, 5) is 16.2. The molecule has 2 N–H and O–H groups in total. The fourth-order valence-electron chi connectivity index (χ4n) is 3.37. The van der Waals surface area contributed by atoms with Gasteiger partial charge in [-0.15, -0.1) is 0 Å². The summed E-state index contributed by atoms with van der Waals surface area (Å²) in [5, 5.41) is 3.00. The Bertz CT molecular complexity index is 918. The monoisotopic (exact) mass is 421 g/mol. The third-order valence-electron chi connectivity index (χ3n) is 4.87. The highest BCUT2D eigenvalue weighted by Gasteiger charge is 2.27. The van der Waals surface area contributed by atoms with Crippen molar-refractivity contribution in [1.82, 2.24) is 15.0 Å². The number of sulfonamides is 1. The van der Waals surface area contributed by atoms with E-state index in [1.807, 2.05) is 12.1 Å². The minimum Gasteiger partial charge on any atom is -0.381 e. The van der Waals surface area contributed by atoms with Gasteiger partial charge in [0, 0.05) is 38.6 Å². The Morgan fingerprint density at radius 1 is 1.21 bits per heavy atom. The molecule has 1 aromatic carbocycles. The van der Waals surface area contributed by atoms with Gasteiger partial charge in [0.05, 0.1) is 6.04 Å². The molecule has 1 aliphatic rings. The van der Waals surface area contributed by atoms with Crippen molar-refractivity contribution in [3.05, 3.63) is 60.2 Å². The average Bonchev–Trinajstić information content (AvgIpc) is 2.73. The van der Waals surface area contributed by atoms with Crippen LogP contribution in [0.3, 0.4) is 0 Å². The molecule has 29 heavy (non-hydrogen) atoms. The molecule has 2 aromatic rings. The van der Waals surface area contributed by atoms with E-state index in [1.54, 1.807) is 12.4 Å². The van der Waals surface area contributed by atoms with Crippen molar-refractivity contribution in [2.24, 2.45) is 5.92 Å². The molecule has 0 radical (unpaired) electrons. The van der Waals surface area contributed by atoms with Crippen molar-refractivity contribution >= 4 is 15.9 Å². The molecule has 1 aliphatic heterocycles. The first-order chi connectivity index (χ1) is 14.0. The summed E-state index contributed by atoms with van der Waals surface area (Å²) >= 11 is 0. The van der Waals surface area contributed by atoms with Gasteiger partial charge in [0.1, 0.15) is 10.7 Å². The molecular weight excluding hydrogens is 397 g/mol. The summed E-state index contributed by atoms with van der Waals surface area (Å²) in [5.74, 6) is -0.908. The van der Waals surface area contributed by atoms with Crippen LogP contribution in [0.15, 0.2) is 53.7 Å². The van der Waals surface area contributed by atoms with E-state index in [2.05, 4.69) is 15.0 Å². The van der Waals surface area contributed by atoms with Gasteiger partial charge in [-0.3, -0.25) is 9.78 Å². The lowest BCUT2D eigenvalue weighted by molar-refractivity contribution is -0.122. The molecule has 1 unspecified atom stereocenters. The first-order valence-electron chi connectivity index (χ1n) is 9.48. The first-order valence-corrected chi connectivity index (χ1v) is 11.0. The second-order valence-corrected chi connectivity index (χ2v) is 8.59. The molecule has 2 heterocycles. The van der Waals surface area contributed by atoms with E-state index in [4.69, 9.17) is 4.74 Å². The number of halogens is 1. The van der Waals surface area contributed by atoms with Gasteiger partial charge in [0.15, 0.2) is 0 Å². The number of hydrogen-bond acceptors (Lipinski definition) is 5. The lowest BCUT2D eigenvalue weighted by Crippen LogP contribution is -2.37. The fraction of sp³-hybridized carbons (Fsp3) is 0.400. The molecule has 3 rings (SSSR count). The number of amides is 1. The Morgan fingerprint density at radius 2 is 1.97 bits per heavy atom. The van der Waals surface area contributed by atoms with Crippen LogP contribution in [0.4, 0.5) is 4.39 Å². The normalized spacial score (nSPS) is 16.3. The highest BCUT2D eigenvalue weighted by Crippen LogP contribution is 2.29. The highest BCUT2D eigenvalue weighted by atomic mass is 32.2. The van der Waals surface area contributed by atoms with E-state index in [-0.39, 0.29) is 30.8 Å². The Labute approximate surface area is 169 Å². The Hall–Kier alpha value is -2.36. The van der Waals surface area contributed by atoms with Crippen LogP contribution in [0.1, 0.15) is 30.9 Å². The van der Waals surface area contributed by atoms with Crippen molar-refractivity contribution in [3.63, 3.8) is 0 Å². The van der Waals surface area contributed by atoms with Crippen molar-refractivity contribution < 1.29 is 22.3 Å². The fourth-order valence-corrected chi connectivity index (χ4v) is 4.48. The number of ether oxygens (including phenoxy) is 1. The van der Waals surface area contributed by atoms with Crippen LogP contribution in [0.5, 0.6) is 0 Å². The SMILES string of the molecule is O=C(CCNS(=O)(=O)c1ccccc1F)NC(c1cccnc1)C1CCOCC1. The van der Waals surface area contributed by atoms with Crippen LogP contribution in [-0.2, 0) is 19.6 Å². The summed E-state index contributed by atoms with van der Waals surface area (Å²) in [6.07, 6.45) is 4.97. The average molecular weight is 421 g/mol. The zero-order chi connectivity index (χ0) is 20.7. The van der Waals surface area contributed by atoms with Crippen LogP contribution in [0.2, 0.25) is 0 Å². The van der Waals surface area contributed by atoms with E-state index >= 15 is 0 Å². The zero-order valence-corrected chi connectivity index (χ0v) is 16.7. The van der Waals surface area contributed by atoms with Gasteiger partial charge in [-0.25, -0.2) is 17.5 Å². The molecule has 0 saturated carbocycles. The minimum atomic E-state index is -4.02. The number of benzene rings is 1. The second kappa shape index (κ2) is 9.91. The van der Waals surface area contributed by atoms with Crippen molar-refractivity contribution in [2.75, 3.05) is 19.8 Å². The maximum Gasteiger partial charge on any atom is 0.243 e. The van der Waals surface area contributed by atoms with Crippen molar-refractivity contribution in [2.45, 2.75) is 30.2 Å². The minimum absolute atomic E-state index is 0.0618. The predicted octanol–water partition coefficient (Wildman–Crippen LogP) is 2.17. The van der Waals surface area contributed by atoms with Crippen molar-refractivity contribution in [1.29, 1.82) is 0 Å². The second-order valence-electron chi connectivity index (χ2n) is 6.86. The maximum atomic E-state index is 13.7. The molecule has 1 saturated heterocycles. The summed E-state index contributed by atoms with van der Waals surface area (Å²) in [6, 6.07) is 8.62. The largest absolute Gasteiger partial charge is 0.381 e. The zero-order valence-electron chi connectivity index (χ0n) is 15.9. The van der Waals surface area contributed by atoms with Gasteiger partial charge in [-0.05, 0) is 42.5 Å². The van der Waals surface area contributed by atoms with E-state index < -0.39 is 20.7 Å². The standard InChI is InChI=1S/C20H24FN3O4S/c21-17-5-1-2-6-18(17)29(26,27)23-11-7-19(25)24-20(15-8-12-28-13-9-15)16-4-3-10-22-14-16/h1-6,10,14-15,20,23H,7-9,11-13H2,(H,24,25). The van der Waals surface area contributed by atoms with Gasteiger partial charge >= 0.3 is 0 Å². The van der Waals surface area contributed by atoms with Gasteiger partial charge in [0.25, 0.3) is 0 Å². The number of rotatable bonds is 8. The molecule has 1 aromatic heterocycles. The Morgan fingerprint density at radius 3 is 2.66 bits per heavy atom. The summed E-state index contributed by atoms with van der Waals surface area (Å²) in [7, 11) is -4.02. The Kier molecular flexibility index (Phi) is 7.29. The first kappa shape index (κ1) is 21.4.